The van der Waals surface area contributed by atoms with Crippen LogP contribution in [0.1, 0.15) is 45.4 Å². The normalized spacial score (nSPS) is 12.2. The molecule has 3 rings (SSSR count). The highest BCUT2D eigenvalue weighted by molar-refractivity contribution is 8.33. The van der Waals surface area contributed by atoms with E-state index in [2.05, 4.69) is 6.92 Å². The molecule has 0 heterocycles. The quantitative estimate of drug-likeness (QED) is 0.183. The van der Waals surface area contributed by atoms with Crippen LogP contribution in [0.2, 0.25) is 0 Å². The highest BCUT2D eigenvalue weighted by Crippen LogP contribution is 2.70. The monoisotopic (exact) mass is 546 g/mol. The number of hydrogen-bond acceptors (Lipinski definition) is 6. The highest BCUT2D eigenvalue weighted by Gasteiger charge is 2.37. The van der Waals surface area contributed by atoms with Crippen LogP contribution in [0.3, 0.4) is 0 Å². The summed E-state index contributed by atoms with van der Waals surface area (Å²) in [4.78, 5) is 2.24. The second-order valence-electron chi connectivity index (χ2n) is 8.68. The van der Waals surface area contributed by atoms with E-state index in [4.69, 9.17) is 17.8 Å². The van der Waals surface area contributed by atoms with Gasteiger partial charge in [-0.3, -0.25) is 0 Å². The summed E-state index contributed by atoms with van der Waals surface area (Å²) in [7, 11) is -1.75. The maximum absolute atomic E-state index is 13.5. The zero-order valence-corrected chi connectivity index (χ0v) is 23.8. The average Bonchev–Trinajstić information content (AvgIpc) is 2.94. The van der Waals surface area contributed by atoms with Crippen molar-refractivity contribution in [2.24, 2.45) is 0 Å². The predicted molar refractivity (Wildman–Crippen MR) is 150 cm³/mol. The van der Waals surface area contributed by atoms with E-state index in [9.17, 15) is 8.42 Å². The topological polar surface area (TPSA) is 71.1 Å². The molecular formula is C29H38O6S2. The molecule has 0 saturated carbocycles. The Labute approximate surface area is 223 Å². The van der Waals surface area contributed by atoms with Crippen LogP contribution in [0.15, 0.2) is 87.5 Å². The van der Waals surface area contributed by atoms with Crippen molar-refractivity contribution in [3.8, 4) is 17.2 Å². The molecule has 202 valence electrons. The lowest BCUT2D eigenvalue weighted by Gasteiger charge is -2.39. The molecule has 0 aliphatic carbocycles. The fraction of sp³-hybridized carbons (Fsp3) is 0.379. The van der Waals surface area contributed by atoms with Crippen LogP contribution < -0.4 is 14.2 Å². The maximum atomic E-state index is 13.5. The minimum atomic E-state index is -3.88. The molecule has 0 N–H and O–H groups in total. The molecule has 0 spiro atoms. The Morgan fingerprint density at radius 3 is 1.24 bits per heavy atom. The summed E-state index contributed by atoms with van der Waals surface area (Å²) in [5.74, 6) is 2.00. The second-order valence-corrected chi connectivity index (χ2v) is 13.3. The van der Waals surface area contributed by atoms with Gasteiger partial charge in [0, 0.05) is 14.7 Å². The Hall–Kier alpha value is -2.68. The lowest BCUT2D eigenvalue weighted by molar-refractivity contribution is 0.414. The SMILES string of the molecule is CCCCCCCCS(=O)(=O)OS(c1ccc(OC)cc1)(c1ccc(OC)cc1)c1ccc(OC)cc1. The second kappa shape index (κ2) is 13.7. The van der Waals surface area contributed by atoms with Gasteiger partial charge in [0.1, 0.15) is 17.2 Å². The van der Waals surface area contributed by atoms with Crippen molar-refractivity contribution in [2.45, 2.75) is 60.1 Å². The third-order valence-corrected chi connectivity index (χ3v) is 11.4. The van der Waals surface area contributed by atoms with E-state index < -0.39 is 20.4 Å². The van der Waals surface area contributed by atoms with Crippen LogP contribution in [-0.2, 0) is 13.7 Å². The summed E-state index contributed by atoms with van der Waals surface area (Å²) in [6.07, 6.45) is 5.89. The molecule has 0 aromatic heterocycles. The van der Waals surface area contributed by atoms with E-state index >= 15 is 0 Å². The van der Waals surface area contributed by atoms with Gasteiger partial charge >= 0.3 is 0 Å². The molecule has 0 saturated heterocycles. The Balaban J connectivity index is 2.11. The summed E-state index contributed by atoms with van der Waals surface area (Å²) >= 11 is 0. The first-order valence-corrected chi connectivity index (χ1v) is 15.7. The van der Waals surface area contributed by atoms with Gasteiger partial charge in [0.25, 0.3) is 10.1 Å². The third-order valence-electron chi connectivity index (χ3n) is 6.13. The van der Waals surface area contributed by atoms with Crippen LogP contribution in [0.5, 0.6) is 17.2 Å². The molecule has 0 atom stereocenters. The van der Waals surface area contributed by atoms with Gasteiger partial charge in [-0.15, -0.1) is 0 Å². The van der Waals surface area contributed by atoms with Gasteiger partial charge in [0.15, 0.2) is 0 Å². The Morgan fingerprint density at radius 2 is 0.892 bits per heavy atom. The van der Waals surface area contributed by atoms with E-state index in [1.54, 1.807) is 21.3 Å². The van der Waals surface area contributed by atoms with Gasteiger partial charge in [-0.25, -0.2) is 3.63 Å². The molecule has 3 aromatic carbocycles. The molecule has 0 unspecified atom stereocenters. The van der Waals surface area contributed by atoms with E-state index in [1.165, 1.54) is 6.42 Å². The van der Waals surface area contributed by atoms with E-state index in [0.717, 1.165) is 40.4 Å². The van der Waals surface area contributed by atoms with Crippen molar-refractivity contribution in [3.63, 3.8) is 0 Å². The van der Waals surface area contributed by atoms with Gasteiger partial charge in [0.05, 0.1) is 27.1 Å². The lowest BCUT2D eigenvalue weighted by atomic mass is 10.1. The van der Waals surface area contributed by atoms with Crippen LogP contribution in [-0.4, -0.2) is 35.5 Å². The Bertz CT molecular complexity index is 1070. The summed E-state index contributed by atoms with van der Waals surface area (Å²) in [6, 6.07) is 22.2. The fourth-order valence-corrected chi connectivity index (χ4v) is 9.47. The first kappa shape index (κ1) is 28.9. The fourth-order valence-electron chi connectivity index (χ4n) is 4.08. The predicted octanol–water partition coefficient (Wildman–Crippen LogP) is 7.62. The summed E-state index contributed by atoms with van der Waals surface area (Å²) in [5.41, 5.74) is 0. The van der Waals surface area contributed by atoms with E-state index in [-0.39, 0.29) is 5.75 Å². The van der Waals surface area contributed by atoms with Crippen LogP contribution in [0.25, 0.3) is 0 Å². The molecule has 0 fully saturated rings. The smallest absolute Gasteiger partial charge is 0.277 e. The molecule has 0 aliphatic heterocycles. The number of ether oxygens (including phenoxy) is 3. The highest BCUT2D eigenvalue weighted by atomic mass is 32.3. The maximum Gasteiger partial charge on any atom is 0.277 e. The van der Waals surface area contributed by atoms with Crippen molar-refractivity contribution in [1.82, 2.24) is 0 Å². The van der Waals surface area contributed by atoms with Crippen molar-refractivity contribution in [1.29, 1.82) is 0 Å². The van der Waals surface area contributed by atoms with Gasteiger partial charge in [-0.2, -0.15) is 8.42 Å². The molecule has 37 heavy (non-hydrogen) atoms. The van der Waals surface area contributed by atoms with E-state index in [1.807, 2.05) is 72.8 Å². The molecule has 0 radical (unpaired) electrons. The molecule has 8 heteroatoms. The first-order valence-electron chi connectivity index (χ1n) is 12.6. The first-order chi connectivity index (χ1) is 17.9. The van der Waals surface area contributed by atoms with Gasteiger partial charge in [0.2, 0.25) is 0 Å². The van der Waals surface area contributed by atoms with Crippen LogP contribution in [0.4, 0.5) is 0 Å². The molecule has 0 amide bonds. The minimum Gasteiger partial charge on any atom is -0.497 e. The average molecular weight is 547 g/mol. The molecule has 3 aromatic rings. The van der Waals surface area contributed by atoms with Crippen LogP contribution in [0, 0.1) is 0 Å². The van der Waals surface area contributed by atoms with Gasteiger partial charge in [-0.05, 0) is 89.5 Å². The molecular weight excluding hydrogens is 508 g/mol. The zero-order valence-electron chi connectivity index (χ0n) is 22.1. The minimum absolute atomic E-state index is 0.0314. The van der Waals surface area contributed by atoms with Crippen molar-refractivity contribution in [3.05, 3.63) is 72.8 Å². The van der Waals surface area contributed by atoms with Gasteiger partial charge in [-0.1, -0.05) is 39.0 Å². The number of methoxy groups -OCH3 is 3. The number of unbranched alkanes of at least 4 members (excludes halogenated alkanes) is 5. The third kappa shape index (κ3) is 7.43. The van der Waals surface area contributed by atoms with Crippen molar-refractivity contribution in [2.75, 3.05) is 27.1 Å². The van der Waals surface area contributed by atoms with Crippen LogP contribution >= 0.6 is 10.3 Å². The standard InChI is InChI=1S/C29H38O6S2/c1-5-6-7-8-9-10-23-36(30,31)35-37(27-17-11-24(32-2)12-18-27,28-19-13-25(33-3)14-20-28)29-21-15-26(34-4)16-22-29/h11-22H,5-10,23H2,1-4H3. The summed E-state index contributed by atoms with van der Waals surface area (Å²) in [5, 5.41) is 0. The largest absolute Gasteiger partial charge is 0.497 e. The molecule has 0 bridgehead atoms. The van der Waals surface area contributed by atoms with Gasteiger partial charge < -0.3 is 14.2 Å². The Kier molecular flexibility index (Phi) is 10.7. The lowest BCUT2D eigenvalue weighted by Crippen LogP contribution is -2.17. The number of benzene rings is 3. The Morgan fingerprint density at radius 1 is 0.541 bits per heavy atom. The van der Waals surface area contributed by atoms with E-state index in [0.29, 0.717) is 23.7 Å². The van der Waals surface area contributed by atoms with Crippen molar-refractivity contribution >= 4 is 20.4 Å². The summed E-state index contributed by atoms with van der Waals surface area (Å²) in [6.45, 7) is 2.16. The van der Waals surface area contributed by atoms with Crippen molar-refractivity contribution < 1.29 is 26.3 Å². The molecule has 6 nitrogen and oxygen atoms in total. The number of rotatable bonds is 15. The zero-order chi connectivity index (χ0) is 26.7. The summed E-state index contributed by atoms with van der Waals surface area (Å²) < 4.78 is 49.6. The molecule has 0 aliphatic rings. The number of hydrogen-bond donors (Lipinski definition) is 0.